The predicted octanol–water partition coefficient (Wildman–Crippen LogP) is 1.45. The van der Waals surface area contributed by atoms with Gasteiger partial charge in [-0.1, -0.05) is 18.2 Å². The highest BCUT2D eigenvalue weighted by Crippen LogP contribution is 2.14. The predicted molar refractivity (Wildman–Crippen MR) is 66.3 cm³/mol. The number of nitrogen functional groups attached to an aromatic ring is 1. The number of para-hydroxylation sites is 1. The zero-order chi connectivity index (χ0) is 12.1. The fraction of sp³-hybridized carbons (Fsp3) is 0.462. The highest BCUT2D eigenvalue weighted by atomic mass is 16.5. The maximum absolute atomic E-state index is 11.8. The fourth-order valence-corrected chi connectivity index (χ4v) is 1.94. The van der Waals surface area contributed by atoms with Crippen LogP contribution in [0, 0.1) is 0 Å². The largest absolute Gasteiger partial charge is 0.398 e. The number of rotatable bonds is 3. The van der Waals surface area contributed by atoms with Crippen molar-refractivity contribution in [3.63, 3.8) is 0 Å². The summed E-state index contributed by atoms with van der Waals surface area (Å²) >= 11 is 0. The molecule has 1 amide bonds. The second-order valence-corrected chi connectivity index (χ2v) is 4.27. The van der Waals surface area contributed by atoms with Gasteiger partial charge in [-0.3, -0.25) is 4.79 Å². The molecule has 1 aromatic carbocycles. The molecule has 1 unspecified atom stereocenters. The maximum Gasteiger partial charge on any atom is 0.249 e. The van der Waals surface area contributed by atoms with Crippen LogP contribution in [0.3, 0.4) is 0 Å². The normalized spacial score (nSPS) is 19.9. The highest BCUT2D eigenvalue weighted by molar-refractivity contribution is 5.80. The van der Waals surface area contributed by atoms with Crippen LogP contribution >= 0.6 is 0 Å². The van der Waals surface area contributed by atoms with Crippen molar-refractivity contribution in [2.45, 2.75) is 31.9 Å². The van der Waals surface area contributed by atoms with Crippen LogP contribution in [0.4, 0.5) is 5.69 Å². The third-order valence-electron chi connectivity index (χ3n) is 2.98. The molecule has 1 aromatic rings. The van der Waals surface area contributed by atoms with Gasteiger partial charge in [-0.05, 0) is 30.9 Å². The summed E-state index contributed by atoms with van der Waals surface area (Å²) in [6.45, 7) is 1.15. The number of hydrogen-bond donors (Lipinski definition) is 2. The number of carbonyl (C=O) groups is 1. The Labute approximate surface area is 101 Å². The first kappa shape index (κ1) is 11.9. The van der Waals surface area contributed by atoms with Crippen molar-refractivity contribution in [1.82, 2.24) is 5.32 Å². The van der Waals surface area contributed by atoms with E-state index in [1.54, 1.807) is 0 Å². The van der Waals surface area contributed by atoms with Crippen molar-refractivity contribution in [2.75, 3.05) is 12.3 Å². The summed E-state index contributed by atoms with van der Waals surface area (Å²) in [5.41, 5.74) is 7.45. The van der Waals surface area contributed by atoms with Crippen molar-refractivity contribution in [1.29, 1.82) is 0 Å². The monoisotopic (exact) mass is 234 g/mol. The molecule has 4 heteroatoms. The molecule has 1 fully saturated rings. The molecule has 1 heterocycles. The van der Waals surface area contributed by atoms with E-state index in [2.05, 4.69) is 5.32 Å². The Morgan fingerprint density at radius 1 is 1.41 bits per heavy atom. The summed E-state index contributed by atoms with van der Waals surface area (Å²) < 4.78 is 5.42. The summed E-state index contributed by atoms with van der Waals surface area (Å²) in [7, 11) is 0. The van der Waals surface area contributed by atoms with Gasteiger partial charge in [-0.25, -0.2) is 0 Å². The number of nitrogens with two attached hydrogens (primary N) is 1. The zero-order valence-corrected chi connectivity index (χ0v) is 9.82. The molecule has 1 aliphatic rings. The standard InChI is InChI=1S/C13H18N2O2/c14-11-6-2-1-5-10(11)9-15-13(16)12-7-3-4-8-17-12/h1-2,5-6,12H,3-4,7-9,14H2,(H,15,16). The SMILES string of the molecule is Nc1ccccc1CNC(=O)C1CCCCO1. The van der Waals surface area contributed by atoms with Crippen LogP contribution < -0.4 is 11.1 Å². The van der Waals surface area contributed by atoms with Crippen LogP contribution in [-0.2, 0) is 16.1 Å². The second kappa shape index (κ2) is 5.68. The highest BCUT2D eigenvalue weighted by Gasteiger charge is 2.21. The number of benzene rings is 1. The van der Waals surface area contributed by atoms with Gasteiger partial charge < -0.3 is 15.8 Å². The molecule has 0 aromatic heterocycles. The molecule has 0 bridgehead atoms. The molecular weight excluding hydrogens is 216 g/mol. The number of carbonyl (C=O) groups excluding carboxylic acids is 1. The van der Waals surface area contributed by atoms with Crippen LogP contribution in [0.1, 0.15) is 24.8 Å². The molecule has 17 heavy (non-hydrogen) atoms. The lowest BCUT2D eigenvalue weighted by Gasteiger charge is -2.21. The Morgan fingerprint density at radius 3 is 2.94 bits per heavy atom. The molecule has 0 aliphatic carbocycles. The lowest BCUT2D eigenvalue weighted by atomic mass is 10.1. The van der Waals surface area contributed by atoms with Crippen molar-refractivity contribution < 1.29 is 9.53 Å². The van der Waals surface area contributed by atoms with Gasteiger partial charge in [0.1, 0.15) is 6.10 Å². The van der Waals surface area contributed by atoms with Crippen molar-refractivity contribution in [3.8, 4) is 0 Å². The molecule has 0 saturated carbocycles. The summed E-state index contributed by atoms with van der Waals surface area (Å²) in [5.74, 6) is -0.0343. The number of hydrogen-bond acceptors (Lipinski definition) is 3. The molecule has 4 nitrogen and oxygen atoms in total. The average molecular weight is 234 g/mol. The number of anilines is 1. The lowest BCUT2D eigenvalue weighted by Crippen LogP contribution is -2.38. The van der Waals surface area contributed by atoms with E-state index in [4.69, 9.17) is 10.5 Å². The molecule has 1 aliphatic heterocycles. The van der Waals surface area contributed by atoms with Gasteiger partial charge in [-0.2, -0.15) is 0 Å². The Hall–Kier alpha value is -1.55. The molecule has 92 valence electrons. The number of nitrogens with one attached hydrogen (secondary N) is 1. The summed E-state index contributed by atoms with van der Waals surface area (Å²) in [4.78, 5) is 11.8. The summed E-state index contributed by atoms with van der Waals surface area (Å²) in [6, 6.07) is 7.54. The Bertz CT molecular complexity index is 387. The van der Waals surface area contributed by atoms with Gasteiger partial charge in [-0.15, -0.1) is 0 Å². The number of ether oxygens (including phenoxy) is 1. The lowest BCUT2D eigenvalue weighted by molar-refractivity contribution is -0.135. The van der Waals surface area contributed by atoms with E-state index in [0.717, 1.165) is 24.8 Å². The van der Waals surface area contributed by atoms with E-state index in [1.165, 1.54) is 0 Å². The van der Waals surface area contributed by atoms with Gasteiger partial charge in [0, 0.05) is 18.8 Å². The van der Waals surface area contributed by atoms with Gasteiger partial charge in [0.2, 0.25) is 5.91 Å². The topological polar surface area (TPSA) is 64.3 Å². The smallest absolute Gasteiger partial charge is 0.249 e. The first-order valence-corrected chi connectivity index (χ1v) is 6.00. The Balaban J connectivity index is 1.85. The van der Waals surface area contributed by atoms with Gasteiger partial charge >= 0.3 is 0 Å². The van der Waals surface area contributed by atoms with Gasteiger partial charge in [0.05, 0.1) is 0 Å². The van der Waals surface area contributed by atoms with Gasteiger partial charge in [0.15, 0.2) is 0 Å². The van der Waals surface area contributed by atoms with Crippen LogP contribution in [0.25, 0.3) is 0 Å². The van der Waals surface area contributed by atoms with Crippen molar-refractivity contribution in [3.05, 3.63) is 29.8 Å². The summed E-state index contributed by atoms with van der Waals surface area (Å²) in [6.07, 6.45) is 2.64. The van der Waals surface area contributed by atoms with E-state index in [1.807, 2.05) is 24.3 Å². The quantitative estimate of drug-likeness (QED) is 0.778. The Morgan fingerprint density at radius 2 is 2.24 bits per heavy atom. The first-order chi connectivity index (χ1) is 8.27. The molecule has 2 rings (SSSR count). The molecule has 1 saturated heterocycles. The number of amides is 1. The van der Waals surface area contributed by atoms with E-state index < -0.39 is 0 Å². The van der Waals surface area contributed by atoms with E-state index in [9.17, 15) is 4.79 Å². The summed E-state index contributed by atoms with van der Waals surface area (Å²) in [5, 5.41) is 2.87. The van der Waals surface area contributed by atoms with E-state index in [-0.39, 0.29) is 12.0 Å². The van der Waals surface area contributed by atoms with Crippen LogP contribution in [0.2, 0.25) is 0 Å². The average Bonchev–Trinajstić information content (AvgIpc) is 2.38. The minimum atomic E-state index is -0.284. The molecule has 1 atom stereocenters. The fourth-order valence-electron chi connectivity index (χ4n) is 1.94. The zero-order valence-electron chi connectivity index (χ0n) is 9.82. The van der Waals surface area contributed by atoms with Crippen LogP contribution in [0.15, 0.2) is 24.3 Å². The maximum atomic E-state index is 11.8. The third kappa shape index (κ3) is 3.20. The van der Waals surface area contributed by atoms with E-state index in [0.29, 0.717) is 18.8 Å². The first-order valence-electron chi connectivity index (χ1n) is 6.00. The minimum absolute atomic E-state index is 0.0343. The van der Waals surface area contributed by atoms with E-state index >= 15 is 0 Å². The van der Waals surface area contributed by atoms with Crippen LogP contribution in [-0.4, -0.2) is 18.6 Å². The van der Waals surface area contributed by atoms with Crippen molar-refractivity contribution >= 4 is 11.6 Å². The molecule has 0 spiro atoms. The minimum Gasteiger partial charge on any atom is -0.398 e. The molecular formula is C13H18N2O2. The molecule has 3 N–H and O–H groups in total. The van der Waals surface area contributed by atoms with Crippen molar-refractivity contribution in [2.24, 2.45) is 0 Å². The third-order valence-corrected chi connectivity index (χ3v) is 2.98. The molecule has 0 radical (unpaired) electrons. The van der Waals surface area contributed by atoms with Crippen LogP contribution in [0.5, 0.6) is 0 Å². The Kier molecular flexibility index (Phi) is 3.98. The van der Waals surface area contributed by atoms with Gasteiger partial charge in [0.25, 0.3) is 0 Å². The second-order valence-electron chi connectivity index (χ2n) is 4.27.